The van der Waals surface area contributed by atoms with Gasteiger partial charge in [-0.2, -0.15) is 0 Å². The average Bonchev–Trinajstić information content (AvgIpc) is 2.94. The van der Waals surface area contributed by atoms with Crippen molar-refractivity contribution in [1.29, 1.82) is 0 Å². The van der Waals surface area contributed by atoms with Crippen LogP contribution in [0.3, 0.4) is 0 Å². The van der Waals surface area contributed by atoms with Gasteiger partial charge in [0.25, 0.3) is 11.1 Å². The van der Waals surface area contributed by atoms with Crippen LogP contribution in [-0.2, 0) is 4.79 Å². The van der Waals surface area contributed by atoms with Gasteiger partial charge in [-0.15, -0.1) is 21.5 Å². The molecule has 17 heavy (non-hydrogen) atoms. The van der Waals surface area contributed by atoms with Gasteiger partial charge < -0.3 is 14.3 Å². The molecule has 2 rings (SSSR count). The van der Waals surface area contributed by atoms with Gasteiger partial charge in [0.2, 0.25) is 0 Å². The Morgan fingerprint density at radius 3 is 3.18 bits per heavy atom. The molecule has 1 N–H and O–H groups in total. The SMILES string of the molecule is COc1ccsc1-c1nnc(SCC(=O)O)o1. The van der Waals surface area contributed by atoms with Gasteiger partial charge in [-0.1, -0.05) is 11.8 Å². The third-order valence-corrected chi connectivity index (χ3v) is 3.46. The third-order valence-electron chi connectivity index (χ3n) is 1.77. The van der Waals surface area contributed by atoms with E-state index in [-0.39, 0.29) is 11.0 Å². The third kappa shape index (κ3) is 2.77. The molecule has 0 radical (unpaired) electrons. The molecule has 2 aromatic rings. The van der Waals surface area contributed by atoms with Crippen LogP contribution in [0.15, 0.2) is 21.1 Å². The number of carboxylic acid groups (broad SMARTS) is 1. The Hall–Kier alpha value is -1.54. The van der Waals surface area contributed by atoms with Crippen molar-refractivity contribution in [2.45, 2.75) is 5.22 Å². The highest BCUT2D eigenvalue weighted by Gasteiger charge is 2.15. The first-order chi connectivity index (χ1) is 8.20. The van der Waals surface area contributed by atoms with E-state index >= 15 is 0 Å². The van der Waals surface area contributed by atoms with Gasteiger partial charge in [0, 0.05) is 0 Å². The van der Waals surface area contributed by atoms with Gasteiger partial charge in [0.05, 0.1) is 7.11 Å². The second-order valence-electron chi connectivity index (χ2n) is 2.87. The number of thioether (sulfide) groups is 1. The molecule has 0 aliphatic heterocycles. The quantitative estimate of drug-likeness (QED) is 0.833. The van der Waals surface area contributed by atoms with E-state index in [0.29, 0.717) is 11.6 Å². The molecule has 0 spiro atoms. The van der Waals surface area contributed by atoms with Gasteiger partial charge in [-0.3, -0.25) is 4.79 Å². The molecule has 0 bridgehead atoms. The van der Waals surface area contributed by atoms with Crippen LogP contribution < -0.4 is 4.74 Å². The van der Waals surface area contributed by atoms with Crippen molar-refractivity contribution in [2.75, 3.05) is 12.9 Å². The molecule has 0 aromatic carbocycles. The van der Waals surface area contributed by atoms with Crippen molar-refractivity contribution >= 4 is 29.1 Å². The molecule has 0 unspecified atom stereocenters. The Morgan fingerprint density at radius 1 is 1.65 bits per heavy atom. The van der Waals surface area contributed by atoms with Gasteiger partial charge in [-0.05, 0) is 11.4 Å². The number of aromatic nitrogens is 2. The molecule has 0 amide bonds. The van der Waals surface area contributed by atoms with E-state index in [4.69, 9.17) is 14.3 Å². The molecule has 0 fully saturated rings. The molecule has 90 valence electrons. The Labute approximate surface area is 105 Å². The molecular formula is C9H8N2O4S2. The van der Waals surface area contributed by atoms with E-state index in [1.54, 1.807) is 13.2 Å². The second-order valence-corrected chi connectivity index (χ2v) is 4.72. The summed E-state index contributed by atoms with van der Waals surface area (Å²) in [5, 5.41) is 18.2. The first-order valence-electron chi connectivity index (χ1n) is 4.50. The van der Waals surface area contributed by atoms with E-state index in [9.17, 15) is 4.79 Å². The van der Waals surface area contributed by atoms with E-state index < -0.39 is 5.97 Å². The van der Waals surface area contributed by atoms with Crippen LogP contribution in [0.25, 0.3) is 10.8 Å². The molecule has 0 saturated carbocycles. The van der Waals surface area contributed by atoms with Crippen LogP contribution in [0, 0.1) is 0 Å². The summed E-state index contributed by atoms with van der Waals surface area (Å²) in [4.78, 5) is 11.1. The van der Waals surface area contributed by atoms with Gasteiger partial charge in [-0.25, -0.2) is 0 Å². The van der Waals surface area contributed by atoms with Crippen molar-refractivity contribution in [3.63, 3.8) is 0 Å². The van der Waals surface area contributed by atoms with Crippen LogP contribution in [-0.4, -0.2) is 34.1 Å². The number of carboxylic acids is 1. The van der Waals surface area contributed by atoms with Crippen molar-refractivity contribution < 1.29 is 19.1 Å². The molecule has 6 nitrogen and oxygen atoms in total. The number of methoxy groups -OCH3 is 1. The summed E-state index contributed by atoms with van der Waals surface area (Å²) in [5.74, 6) is -0.0370. The molecular weight excluding hydrogens is 264 g/mol. The summed E-state index contributed by atoms with van der Waals surface area (Å²) in [6.45, 7) is 0. The van der Waals surface area contributed by atoms with Crippen LogP contribution in [0.4, 0.5) is 0 Å². The number of hydrogen-bond donors (Lipinski definition) is 1. The zero-order valence-corrected chi connectivity index (χ0v) is 10.4. The van der Waals surface area contributed by atoms with Crippen molar-refractivity contribution in [1.82, 2.24) is 10.2 Å². The first-order valence-corrected chi connectivity index (χ1v) is 6.37. The number of ether oxygens (including phenoxy) is 1. The van der Waals surface area contributed by atoms with Gasteiger partial charge in [0.15, 0.2) is 0 Å². The average molecular weight is 272 g/mol. The van der Waals surface area contributed by atoms with E-state index in [1.165, 1.54) is 11.3 Å². The molecule has 2 heterocycles. The fourth-order valence-corrected chi connectivity index (χ4v) is 2.36. The fourth-order valence-electron chi connectivity index (χ4n) is 1.10. The van der Waals surface area contributed by atoms with Crippen LogP contribution >= 0.6 is 23.1 Å². The monoisotopic (exact) mass is 272 g/mol. The first kappa shape index (κ1) is 11.9. The van der Waals surface area contributed by atoms with Gasteiger partial charge >= 0.3 is 5.97 Å². The van der Waals surface area contributed by atoms with Crippen molar-refractivity contribution in [3.8, 4) is 16.5 Å². The lowest BCUT2D eigenvalue weighted by atomic mass is 10.4. The standard InChI is InChI=1S/C9H8N2O4S2/c1-14-5-2-3-16-7(5)8-10-11-9(15-8)17-4-6(12)13/h2-3H,4H2,1H3,(H,12,13). The van der Waals surface area contributed by atoms with Gasteiger partial charge in [0.1, 0.15) is 16.4 Å². The van der Waals surface area contributed by atoms with Crippen LogP contribution in [0.5, 0.6) is 5.75 Å². The second kappa shape index (κ2) is 5.19. The number of thiophene rings is 1. The Bertz CT molecular complexity index is 523. The number of rotatable bonds is 5. The minimum absolute atomic E-state index is 0.108. The van der Waals surface area contributed by atoms with Crippen molar-refractivity contribution in [2.24, 2.45) is 0 Å². The highest BCUT2D eigenvalue weighted by molar-refractivity contribution is 7.99. The Kier molecular flexibility index (Phi) is 3.64. The Balaban J connectivity index is 2.15. The van der Waals surface area contributed by atoms with E-state index in [1.807, 2.05) is 5.38 Å². The maximum atomic E-state index is 10.4. The Morgan fingerprint density at radius 2 is 2.47 bits per heavy atom. The summed E-state index contributed by atoms with van der Waals surface area (Å²) in [6.07, 6.45) is 0. The minimum Gasteiger partial charge on any atom is -0.495 e. The molecule has 0 atom stereocenters. The smallest absolute Gasteiger partial charge is 0.314 e. The van der Waals surface area contributed by atoms with Crippen molar-refractivity contribution in [3.05, 3.63) is 11.4 Å². The number of hydrogen-bond acceptors (Lipinski definition) is 7. The lowest BCUT2D eigenvalue weighted by Gasteiger charge is -1.96. The minimum atomic E-state index is -0.927. The zero-order valence-electron chi connectivity index (χ0n) is 8.74. The molecule has 2 aromatic heterocycles. The number of nitrogens with zero attached hydrogens (tertiary/aromatic N) is 2. The molecule has 8 heteroatoms. The summed E-state index contributed by atoms with van der Waals surface area (Å²) in [5.41, 5.74) is 0. The lowest BCUT2D eigenvalue weighted by molar-refractivity contribution is -0.133. The normalized spacial score (nSPS) is 10.4. The topological polar surface area (TPSA) is 85.5 Å². The van der Waals surface area contributed by atoms with E-state index in [0.717, 1.165) is 16.6 Å². The summed E-state index contributed by atoms with van der Waals surface area (Å²) >= 11 is 2.40. The highest BCUT2D eigenvalue weighted by Crippen LogP contribution is 2.35. The van der Waals surface area contributed by atoms with Crippen LogP contribution in [0.2, 0.25) is 0 Å². The summed E-state index contributed by atoms with van der Waals surface area (Å²) in [6, 6.07) is 1.80. The summed E-state index contributed by atoms with van der Waals surface area (Å²) in [7, 11) is 1.56. The maximum absolute atomic E-state index is 10.4. The predicted molar refractivity (Wildman–Crippen MR) is 62.5 cm³/mol. The summed E-state index contributed by atoms with van der Waals surface area (Å²) < 4.78 is 10.5. The fraction of sp³-hybridized carbons (Fsp3) is 0.222. The molecule has 0 saturated heterocycles. The molecule has 0 aliphatic carbocycles. The van der Waals surface area contributed by atoms with E-state index in [2.05, 4.69) is 10.2 Å². The lowest BCUT2D eigenvalue weighted by Crippen LogP contribution is -1.97. The largest absolute Gasteiger partial charge is 0.495 e. The molecule has 0 aliphatic rings. The number of aliphatic carboxylic acids is 1. The maximum Gasteiger partial charge on any atom is 0.314 e. The predicted octanol–water partition coefficient (Wildman–Crippen LogP) is 1.98. The van der Waals surface area contributed by atoms with Crippen LogP contribution in [0.1, 0.15) is 0 Å². The highest BCUT2D eigenvalue weighted by atomic mass is 32.2. The number of carbonyl (C=O) groups is 1. The zero-order chi connectivity index (χ0) is 12.3.